The van der Waals surface area contributed by atoms with Gasteiger partial charge < -0.3 is 21.4 Å². The van der Waals surface area contributed by atoms with Crippen LogP contribution in [-0.2, 0) is 0 Å². The second-order valence-corrected chi connectivity index (χ2v) is 5.35. The number of pyridine rings is 1. The summed E-state index contributed by atoms with van der Waals surface area (Å²) < 4.78 is 0. The van der Waals surface area contributed by atoms with Gasteiger partial charge in [-0.25, -0.2) is 4.98 Å². The molecule has 0 saturated carbocycles. The molecule has 0 aliphatic rings. The SMILES string of the molecule is N#Cc1ccc(Nc2nc(NCCCN)nc3cc[nH]c(=O)c23)cc1. The highest BCUT2D eigenvalue weighted by Gasteiger charge is 2.11. The molecule has 0 amide bonds. The molecule has 25 heavy (non-hydrogen) atoms. The molecule has 0 radical (unpaired) electrons. The Morgan fingerprint density at radius 1 is 1.20 bits per heavy atom. The molecule has 2 aromatic heterocycles. The van der Waals surface area contributed by atoms with Crippen LogP contribution in [0.5, 0.6) is 0 Å². The zero-order chi connectivity index (χ0) is 17.6. The summed E-state index contributed by atoms with van der Waals surface area (Å²) in [7, 11) is 0. The van der Waals surface area contributed by atoms with Crippen LogP contribution in [0.1, 0.15) is 12.0 Å². The largest absolute Gasteiger partial charge is 0.354 e. The number of nitriles is 1. The predicted octanol–water partition coefficient (Wildman–Crippen LogP) is 1.69. The van der Waals surface area contributed by atoms with Gasteiger partial charge in [0.05, 0.1) is 17.1 Å². The van der Waals surface area contributed by atoms with Crippen molar-refractivity contribution in [2.45, 2.75) is 6.42 Å². The third-order valence-electron chi connectivity index (χ3n) is 3.56. The van der Waals surface area contributed by atoms with Crippen molar-refractivity contribution in [3.8, 4) is 6.07 Å². The van der Waals surface area contributed by atoms with Gasteiger partial charge in [-0.05, 0) is 43.3 Å². The van der Waals surface area contributed by atoms with Gasteiger partial charge in [0.15, 0.2) is 0 Å². The van der Waals surface area contributed by atoms with Crippen LogP contribution in [-0.4, -0.2) is 28.0 Å². The molecule has 3 rings (SSSR count). The van der Waals surface area contributed by atoms with Crippen LogP contribution in [0.4, 0.5) is 17.5 Å². The van der Waals surface area contributed by atoms with E-state index in [9.17, 15) is 4.79 Å². The molecule has 0 bridgehead atoms. The van der Waals surface area contributed by atoms with E-state index in [2.05, 4.69) is 31.7 Å². The molecular formula is C17H17N7O. The summed E-state index contributed by atoms with van der Waals surface area (Å²) in [5, 5.41) is 15.5. The number of H-pyrrole nitrogens is 1. The van der Waals surface area contributed by atoms with Crippen molar-refractivity contribution in [3.63, 3.8) is 0 Å². The lowest BCUT2D eigenvalue weighted by molar-refractivity contribution is 0.865. The highest BCUT2D eigenvalue weighted by atomic mass is 16.1. The Morgan fingerprint density at radius 3 is 2.72 bits per heavy atom. The monoisotopic (exact) mass is 335 g/mol. The number of rotatable bonds is 6. The average Bonchev–Trinajstić information content (AvgIpc) is 2.62. The topological polar surface area (TPSA) is 133 Å². The van der Waals surface area contributed by atoms with Crippen LogP contribution in [0.25, 0.3) is 10.9 Å². The molecule has 0 unspecified atom stereocenters. The van der Waals surface area contributed by atoms with E-state index < -0.39 is 0 Å². The van der Waals surface area contributed by atoms with E-state index in [0.717, 1.165) is 12.1 Å². The Bertz CT molecular complexity index is 973. The minimum atomic E-state index is -0.276. The lowest BCUT2D eigenvalue weighted by Crippen LogP contribution is -2.14. The fourth-order valence-corrected chi connectivity index (χ4v) is 2.33. The Kier molecular flexibility index (Phi) is 4.87. The molecule has 3 aromatic rings. The number of aromatic amines is 1. The van der Waals surface area contributed by atoms with E-state index >= 15 is 0 Å². The normalized spacial score (nSPS) is 10.4. The first-order valence-corrected chi connectivity index (χ1v) is 7.82. The number of aromatic nitrogens is 3. The van der Waals surface area contributed by atoms with E-state index in [4.69, 9.17) is 11.0 Å². The Labute approximate surface area is 143 Å². The van der Waals surface area contributed by atoms with Gasteiger partial charge in [0.25, 0.3) is 5.56 Å². The minimum absolute atomic E-state index is 0.276. The maximum atomic E-state index is 12.2. The molecule has 1 aromatic carbocycles. The van der Waals surface area contributed by atoms with Crippen molar-refractivity contribution in [1.82, 2.24) is 15.0 Å². The van der Waals surface area contributed by atoms with Crippen molar-refractivity contribution in [2.24, 2.45) is 5.73 Å². The summed E-state index contributed by atoms with van der Waals surface area (Å²) in [4.78, 5) is 23.6. The van der Waals surface area contributed by atoms with Crippen LogP contribution in [0.2, 0.25) is 0 Å². The summed E-state index contributed by atoms with van der Waals surface area (Å²) in [6.07, 6.45) is 2.34. The van der Waals surface area contributed by atoms with Gasteiger partial charge in [0.1, 0.15) is 11.2 Å². The third kappa shape index (κ3) is 3.73. The van der Waals surface area contributed by atoms with Crippen LogP contribution in [0, 0.1) is 11.3 Å². The molecule has 8 nitrogen and oxygen atoms in total. The smallest absolute Gasteiger partial charge is 0.261 e. The van der Waals surface area contributed by atoms with E-state index in [1.165, 1.54) is 0 Å². The summed E-state index contributed by atoms with van der Waals surface area (Å²) in [6, 6.07) is 10.7. The molecule has 0 aliphatic carbocycles. The second kappa shape index (κ2) is 7.42. The number of hydrogen-bond donors (Lipinski definition) is 4. The Hall–Kier alpha value is -3.44. The maximum absolute atomic E-state index is 12.2. The fourth-order valence-electron chi connectivity index (χ4n) is 2.33. The third-order valence-corrected chi connectivity index (χ3v) is 3.56. The molecule has 0 atom stereocenters. The maximum Gasteiger partial charge on any atom is 0.261 e. The second-order valence-electron chi connectivity index (χ2n) is 5.35. The fraction of sp³-hybridized carbons (Fsp3) is 0.176. The zero-order valence-electron chi connectivity index (χ0n) is 13.4. The summed E-state index contributed by atoms with van der Waals surface area (Å²) in [5.74, 6) is 0.814. The van der Waals surface area contributed by atoms with Gasteiger partial charge in [0.2, 0.25) is 5.95 Å². The van der Waals surface area contributed by atoms with Crippen molar-refractivity contribution in [1.29, 1.82) is 5.26 Å². The molecule has 0 fully saturated rings. The number of nitrogens with one attached hydrogen (secondary N) is 3. The van der Waals surface area contributed by atoms with Crippen molar-refractivity contribution in [2.75, 3.05) is 23.7 Å². The predicted molar refractivity (Wildman–Crippen MR) is 96.8 cm³/mol. The molecule has 0 spiro atoms. The standard InChI is InChI=1S/C17H17N7O/c18-7-1-8-21-17-23-13-6-9-20-16(25)14(13)15(24-17)22-12-4-2-11(10-19)3-5-12/h2-6,9H,1,7-8,18H2,(H,20,25)(H2,21,22,23,24). The van der Waals surface area contributed by atoms with E-state index in [1.807, 2.05) is 0 Å². The van der Waals surface area contributed by atoms with Crippen LogP contribution in [0.15, 0.2) is 41.3 Å². The molecule has 0 saturated heterocycles. The number of hydrogen-bond acceptors (Lipinski definition) is 7. The summed E-state index contributed by atoms with van der Waals surface area (Å²) in [5.41, 5.74) is 7.03. The Morgan fingerprint density at radius 2 is 2.00 bits per heavy atom. The molecule has 0 aliphatic heterocycles. The van der Waals surface area contributed by atoms with Gasteiger partial charge >= 0.3 is 0 Å². The van der Waals surface area contributed by atoms with Crippen molar-refractivity contribution < 1.29 is 0 Å². The van der Waals surface area contributed by atoms with Gasteiger partial charge in [-0.15, -0.1) is 0 Å². The van der Waals surface area contributed by atoms with E-state index in [0.29, 0.717) is 41.3 Å². The highest BCUT2D eigenvalue weighted by molar-refractivity contribution is 5.90. The molecule has 8 heteroatoms. The molecule has 126 valence electrons. The lowest BCUT2D eigenvalue weighted by atomic mass is 10.2. The molecule has 5 N–H and O–H groups in total. The quantitative estimate of drug-likeness (QED) is 0.504. The zero-order valence-corrected chi connectivity index (χ0v) is 13.4. The summed E-state index contributed by atoms with van der Waals surface area (Å²) in [6.45, 7) is 1.21. The first-order chi connectivity index (χ1) is 12.2. The van der Waals surface area contributed by atoms with Crippen LogP contribution in [0.3, 0.4) is 0 Å². The Balaban J connectivity index is 2.01. The molecular weight excluding hydrogens is 318 g/mol. The average molecular weight is 335 g/mol. The highest BCUT2D eigenvalue weighted by Crippen LogP contribution is 2.22. The van der Waals surface area contributed by atoms with Gasteiger partial charge in [-0.1, -0.05) is 0 Å². The summed E-state index contributed by atoms with van der Waals surface area (Å²) >= 11 is 0. The number of benzene rings is 1. The van der Waals surface area contributed by atoms with Gasteiger partial charge in [-0.3, -0.25) is 4.79 Å². The number of fused-ring (bicyclic) bond motifs is 1. The van der Waals surface area contributed by atoms with Crippen LogP contribution < -0.4 is 21.9 Å². The number of anilines is 3. The minimum Gasteiger partial charge on any atom is -0.354 e. The lowest BCUT2D eigenvalue weighted by Gasteiger charge is -2.11. The molecule has 2 heterocycles. The first kappa shape index (κ1) is 16.4. The van der Waals surface area contributed by atoms with Crippen molar-refractivity contribution in [3.05, 3.63) is 52.4 Å². The van der Waals surface area contributed by atoms with E-state index in [1.54, 1.807) is 36.5 Å². The van der Waals surface area contributed by atoms with E-state index in [-0.39, 0.29) is 5.56 Å². The first-order valence-electron chi connectivity index (χ1n) is 7.82. The number of nitrogens with two attached hydrogens (primary N) is 1. The van der Waals surface area contributed by atoms with Crippen LogP contribution >= 0.6 is 0 Å². The number of nitrogens with zero attached hydrogens (tertiary/aromatic N) is 3. The van der Waals surface area contributed by atoms with Crippen molar-refractivity contribution >= 4 is 28.4 Å². The van der Waals surface area contributed by atoms with Gasteiger partial charge in [0, 0.05) is 18.4 Å². The van der Waals surface area contributed by atoms with Gasteiger partial charge in [-0.2, -0.15) is 10.2 Å².